The van der Waals surface area contributed by atoms with Gasteiger partial charge in [-0.05, 0) is 47.8 Å². The van der Waals surface area contributed by atoms with E-state index in [0.717, 1.165) is 11.8 Å². The Bertz CT molecular complexity index is 302. The molecular formula is C20H38. The van der Waals surface area contributed by atoms with E-state index in [4.69, 9.17) is 0 Å². The number of hydrogen-bond acceptors (Lipinski definition) is 0. The standard InChI is InChI=1S/C20H38/c1-8-9-10-13-16(2)19(4,5)17(3)20(6,7)18-14-11-12-15-18/h10,13,16-18H,8-9,11-12,14-15H2,1-7H3. The Labute approximate surface area is 128 Å². The van der Waals surface area contributed by atoms with Crippen LogP contribution in [0.2, 0.25) is 0 Å². The molecule has 0 radical (unpaired) electrons. The quantitative estimate of drug-likeness (QED) is 0.446. The van der Waals surface area contributed by atoms with Gasteiger partial charge in [-0.25, -0.2) is 0 Å². The van der Waals surface area contributed by atoms with Crippen molar-refractivity contribution in [2.75, 3.05) is 0 Å². The highest BCUT2D eigenvalue weighted by Gasteiger charge is 2.44. The van der Waals surface area contributed by atoms with Crippen molar-refractivity contribution in [2.24, 2.45) is 28.6 Å². The average Bonchev–Trinajstić information content (AvgIpc) is 2.92. The van der Waals surface area contributed by atoms with Crippen molar-refractivity contribution >= 4 is 0 Å². The highest BCUT2D eigenvalue weighted by atomic mass is 14.5. The number of allylic oxidation sites excluding steroid dienone is 2. The largest absolute Gasteiger partial charge is 0.0883 e. The number of unbranched alkanes of at least 4 members (excludes halogenated alkanes) is 1. The van der Waals surface area contributed by atoms with Gasteiger partial charge in [0.15, 0.2) is 0 Å². The van der Waals surface area contributed by atoms with E-state index in [9.17, 15) is 0 Å². The van der Waals surface area contributed by atoms with Gasteiger partial charge >= 0.3 is 0 Å². The monoisotopic (exact) mass is 278 g/mol. The fourth-order valence-electron chi connectivity index (χ4n) is 4.09. The lowest BCUT2D eigenvalue weighted by molar-refractivity contribution is 0.0156. The minimum absolute atomic E-state index is 0.371. The minimum atomic E-state index is 0.371. The van der Waals surface area contributed by atoms with Crippen molar-refractivity contribution in [3.63, 3.8) is 0 Å². The molecule has 0 aromatic carbocycles. The zero-order valence-corrected chi connectivity index (χ0v) is 15.1. The number of rotatable bonds is 7. The van der Waals surface area contributed by atoms with Gasteiger partial charge < -0.3 is 0 Å². The van der Waals surface area contributed by atoms with E-state index in [2.05, 4.69) is 60.6 Å². The maximum Gasteiger partial charge on any atom is -0.0208 e. The summed E-state index contributed by atoms with van der Waals surface area (Å²) in [7, 11) is 0. The van der Waals surface area contributed by atoms with Gasteiger partial charge in [0.2, 0.25) is 0 Å². The van der Waals surface area contributed by atoms with Gasteiger partial charge in [0.25, 0.3) is 0 Å². The van der Waals surface area contributed by atoms with E-state index in [0.29, 0.717) is 16.7 Å². The van der Waals surface area contributed by atoms with E-state index in [1.807, 2.05) is 0 Å². The normalized spacial score (nSPS) is 21.6. The van der Waals surface area contributed by atoms with Crippen LogP contribution in [0.4, 0.5) is 0 Å². The van der Waals surface area contributed by atoms with Crippen molar-refractivity contribution in [2.45, 2.75) is 87.0 Å². The Morgan fingerprint density at radius 2 is 1.60 bits per heavy atom. The lowest BCUT2D eigenvalue weighted by Gasteiger charge is -2.48. The molecule has 0 nitrogen and oxygen atoms in total. The first-order valence-corrected chi connectivity index (χ1v) is 8.91. The van der Waals surface area contributed by atoms with Crippen molar-refractivity contribution < 1.29 is 0 Å². The molecule has 0 N–H and O–H groups in total. The molecular weight excluding hydrogens is 240 g/mol. The van der Waals surface area contributed by atoms with E-state index in [-0.39, 0.29) is 0 Å². The van der Waals surface area contributed by atoms with Crippen LogP contribution in [-0.2, 0) is 0 Å². The van der Waals surface area contributed by atoms with E-state index in [1.54, 1.807) is 0 Å². The van der Waals surface area contributed by atoms with Crippen molar-refractivity contribution in [3.8, 4) is 0 Å². The molecule has 118 valence electrons. The Hall–Kier alpha value is -0.260. The van der Waals surface area contributed by atoms with Gasteiger partial charge in [-0.15, -0.1) is 0 Å². The van der Waals surface area contributed by atoms with E-state index >= 15 is 0 Å². The van der Waals surface area contributed by atoms with Crippen LogP contribution in [-0.4, -0.2) is 0 Å². The summed E-state index contributed by atoms with van der Waals surface area (Å²) in [6.07, 6.45) is 13.1. The summed E-state index contributed by atoms with van der Waals surface area (Å²) in [5.74, 6) is 2.34. The molecule has 1 aliphatic rings. The molecule has 2 atom stereocenters. The average molecular weight is 279 g/mol. The molecule has 1 aliphatic carbocycles. The summed E-state index contributed by atoms with van der Waals surface area (Å²) in [6.45, 7) is 17.2. The SMILES string of the molecule is CCCC=CC(C)C(C)(C)C(C)C(C)(C)C1CCCC1. The summed E-state index contributed by atoms with van der Waals surface area (Å²) in [5.41, 5.74) is 0.836. The second-order valence-corrected chi connectivity index (χ2v) is 8.35. The molecule has 0 saturated heterocycles. The van der Waals surface area contributed by atoms with Crippen molar-refractivity contribution in [1.82, 2.24) is 0 Å². The smallest absolute Gasteiger partial charge is 0.0208 e. The third kappa shape index (κ3) is 3.89. The van der Waals surface area contributed by atoms with Gasteiger partial charge in [0.1, 0.15) is 0 Å². The second-order valence-electron chi connectivity index (χ2n) is 8.35. The Morgan fingerprint density at radius 3 is 2.10 bits per heavy atom. The zero-order valence-electron chi connectivity index (χ0n) is 15.1. The molecule has 2 unspecified atom stereocenters. The number of hydrogen-bond donors (Lipinski definition) is 0. The highest BCUT2D eigenvalue weighted by molar-refractivity contribution is 5.00. The second kappa shape index (κ2) is 7.14. The fourth-order valence-corrected chi connectivity index (χ4v) is 4.09. The van der Waals surface area contributed by atoms with Crippen LogP contribution in [0, 0.1) is 28.6 Å². The molecule has 0 aromatic heterocycles. The van der Waals surface area contributed by atoms with E-state index < -0.39 is 0 Å². The summed E-state index contributed by atoms with van der Waals surface area (Å²) in [4.78, 5) is 0. The predicted molar refractivity (Wildman–Crippen MR) is 91.9 cm³/mol. The van der Waals surface area contributed by atoms with Crippen molar-refractivity contribution in [3.05, 3.63) is 12.2 Å². The summed E-state index contributed by atoms with van der Waals surface area (Å²) in [6, 6.07) is 0. The third-order valence-corrected chi connectivity index (χ3v) is 6.69. The van der Waals surface area contributed by atoms with Crippen LogP contribution in [0.3, 0.4) is 0 Å². The molecule has 0 heterocycles. The molecule has 20 heavy (non-hydrogen) atoms. The summed E-state index contributed by atoms with van der Waals surface area (Å²) in [5, 5.41) is 0. The first-order valence-electron chi connectivity index (χ1n) is 8.91. The Balaban J connectivity index is 2.78. The van der Waals surface area contributed by atoms with Gasteiger partial charge in [-0.1, -0.05) is 79.9 Å². The maximum atomic E-state index is 2.53. The molecule has 0 amide bonds. The lowest BCUT2D eigenvalue weighted by Crippen LogP contribution is -2.41. The highest BCUT2D eigenvalue weighted by Crippen LogP contribution is 2.52. The molecule has 0 spiro atoms. The van der Waals surface area contributed by atoms with Crippen LogP contribution < -0.4 is 0 Å². The first-order chi connectivity index (χ1) is 9.24. The molecule has 0 aromatic rings. The molecule has 1 saturated carbocycles. The first kappa shape index (κ1) is 17.8. The van der Waals surface area contributed by atoms with E-state index in [1.165, 1.54) is 38.5 Å². The van der Waals surface area contributed by atoms with Crippen LogP contribution in [0.25, 0.3) is 0 Å². The predicted octanol–water partition coefficient (Wildman–Crippen LogP) is 6.86. The molecule has 1 fully saturated rings. The molecule has 0 aliphatic heterocycles. The summed E-state index contributed by atoms with van der Waals surface area (Å²) >= 11 is 0. The molecule has 0 bridgehead atoms. The summed E-state index contributed by atoms with van der Waals surface area (Å²) < 4.78 is 0. The molecule has 0 heteroatoms. The molecule has 1 rings (SSSR count). The van der Waals surface area contributed by atoms with Crippen LogP contribution in [0.15, 0.2) is 12.2 Å². The van der Waals surface area contributed by atoms with Crippen molar-refractivity contribution in [1.29, 1.82) is 0 Å². The zero-order chi connectivity index (χ0) is 15.4. The van der Waals surface area contributed by atoms with Crippen LogP contribution in [0.1, 0.15) is 87.0 Å². The van der Waals surface area contributed by atoms with Crippen LogP contribution >= 0.6 is 0 Å². The van der Waals surface area contributed by atoms with Gasteiger partial charge in [0, 0.05) is 0 Å². The van der Waals surface area contributed by atoms with Gasteiger partial charge in [-0.3, -0.25) is 0 Å². The van der Waals surface area contributed by atoms with Gasteiger partial charge in [-0.2, -0.15) is 0 Å². The fraction of sp³-hybridized carbons (Fsp3) is 0.900. The lowest BCUT2D eigenvalue weighted by atomic mass is 9.57. The Morgan fingerprint density at radius 1 is 1.05 bits per heavy atom. The Kier molecular flexibility index (Phi) is 6.35. The minimum Gasteiger partial charge on any atom is -0.0883 e. The van der Waals surface area contributed by atoms with Gasteiger partial charge in [0.05, 0.1) is 0 Å². The third-order valence-electron chi connectivity index (χ3n) is 6.69. The van der Waals surface area contributed by atoms with Crippen LogP contribution in [0.5, 0.6) is 0 Å². The topological polar surface area (TPSA) is 0 Å². The maximum absolute atomic E-state index is 2.53.